The number of rotatable bonds is 5. The van der Waals surface area contributed by atoms with Crippen LogP contribution in [0.15, 0.2) is 120 Å². The molecular formula is C34H27F3N2O3. The van der Waals surface area contributed by atoms with Gasteiger partial charge in [0.1, 0.15) is 12.4 Å². The van der Waals surface area contributed by atoms with Gasteiger partial charge in [-0.05, 0) is 41.7 Å². The topological polar surface area (TPSA) is 58.6 Å². The summed E-state index contributed by atoms with van der Waals surface area (Å²) in [4.78, 5) is 28.0. The fourth-order valence-electron chi connectivity index (χ4n) is 5.78. The normalized spacial score (nSPS) is 18.5. The zero-order valence-corrected chi connectivity index (χ0v) is 22.5. The zero-order valence-electron chi connectivity index (χ0n) is 22.5. The Morgan fingerprint density at radius 3 is 2.21 bits per heavy atom. The van der Waals surface area contributed by atoms with E-state index in [2.05, 4.69) is 5.32 Å². The van der Waals surface area contributed by atoms with Crippen LogP contribution in [0.25, 0.3) is 0 Å². The summed E-state index contributed by atoms with van der Waals surface area (Å²) in [5.74, 6) is -2.28. The molecule has 1 amide bonds. The average Bonchev–Trinajstić information content (AvgIpc) is 3.15. The molecule has 0 aromatic heterocycles. The molecule has 8 heteroatoms. The molecule has 0 bridgehead atoms. The number of ether oxygens (including phenoxy) is 1. The maximum Gasteiger partial charge on any atom is 0.471 e. The van der Waals surface area contributed by atoms with Crippen LogP contribution in [-0.4, -0.2) is 17.9 Å². The number of Topliss-reactive ketones (excluding diaryl/α,β-unsaturated/α-hetero) is 1. The van der Waals surface area contributed by atoms with Gasteiger partial charge in [0.15, 0.2) is 5.78 Å². The van der Waals surface area contributed by atoms with Crippen LogP contribution < -0.4 is 15.0 Å². The van der Waals surface area contributed by atoms with Gasteiger partial charge in [0.2, 0.25) is 0 Å². The molecule has 5 nitrogen and oxygen atoms in total. The van der Waals surface area contributed by atoms with E-state index in [1.54, 1.807) is 42.5 Å². The number of alkyl halides is 3. The molecule has 0 radical (unpaired) electrons. The quantitative estimate of drug-likeness (QED) is 0.268. The third kappa shape index (κ3) is 5.28. The second kappa shape index (κ2) is 11.2. The lowest BCUT2D eigenvalue weighted by atomic mass is 9.78. The van der Waals surface area contributed by atoms with Gasteiger partial charge in [-0.1, -0.05) is 91.0 Å². The average molecular weight is 569 g/mol. The number of fused-ring (bicyclic) bond motifs is 1. The van der Waals surface area contributed by atoms with Crippen molar-refractivity contribution in [3.63, 3.8) is 0 Å². The standard InChI is InChI=1S/C34H27F3N2O3/c35-34(36,37)33(41)39-28-17-9-8-16-26(28)38-27-19-24(23-13-5-2-6-14-23)20-29(40)31(27)32(39)25-15-7-10-18-30(25)42-21-22-11-3-1-4-12-22/h1-18,24,32,38H,19-21H2. The first-order valence-corrected chi connectivity index (χ1v) is 13.6. The lowest BCUT2D eigenvalue weighted by Gasteiger charge is -2.36. The first kappa shape index (κ1) is 27.3. The molecule has 42 heavy (non-hydrogen) atoms. The van der Waals surface area contributed by atoms with E-state index < -0.39 is 18.1 Å². The molecule has 1 heterocycles. The van der Waals surface area contributed by atoms with Crippen LogP contribution >= 0.6 is 0 Å². The van der Waals surface area contributed by atoms with E-state index in [4.69, 9.17) is 4.74 Å². The van der Waals surface area contributed by atoms with Crippen LogP contribution in [0.4, 0.5) is 24.5 Å². The van der Waals surface area contributed by atoms with Gasteiger partial charge in [-0.25, -0.2) is 0 Å². The number of para-hydroxylation sites is 3. The number of benzene rings is 4. The molecule has 0 saturated heterocycles. The summed E-state index contributed by atoms with van der Waals surface area (Å²) in [5, 5.41) is 3.26. The predicted octanol–water partition coefficient (Wildman–Crippen LogP) is 7.73. The van der Waals surface area contributed by atoms with E-state index >= 15 is 0 Å². The second-order valence-corrected chi connectivity index (χ2v) is 10.4. The molecule has 2 unspecified atom stereocenters. The summed E-state index contributed by atoms with van der Waals surface area (Å²) >= 11 is 0. The summed E-state index contributed by atoms with van der Waals surface area (Å²) in [6.45, 7) is 0.155. The smallest absolute Gasteiger partial charge is 0.471 e. The van der Waals surface area contributed by atoms with Gasteiger partial charge < -0.3 is 10.1 Å². The second-order valence-electron chi connectivity index (χ2n) is 10.4. The number of nitrogens with zero attached hydrogens (tertiary/aromatic N) is 1. The Kier molecular flexibility index (Phi) is 7.29. The molecule has 0 spiro atoms. The molecule has 6 rings (SSSR count). The minimum atomic E-state index is -5.19. The Morgan fingerprint density at radius 2 is 1.48 bits per heavy atom. The third-order valence-corrected chi connectivity index (χ3v) is 7.67. The number of allylic oxidation sites excluding steroid dienone is 1. The number of hydrogen-bond donors (Lipinski definition) is 1. The number of nitrogens with one attached hydrogen (secondary N) is 1. The number of ketones is 1. The fourth-order valence-corrected chi connectivity index (χ4v) is 5.78. The molecule has 1 N–H and O–H groups in total. The first-order chi connectivity index (χ1) is 20.3. The van der Waals surface area contributed by atoms with Gasteiger partial charge in [-0.15, -0.1) is 0 Å². The monoisotopic (exact) mass is 568 g/mol. The number of carbonyl (C=O) groups is 2. The molecule has 0 fully saturated rings. The highest BCUT2D eigenvalue weighted by Gasteiger charge is 2.50. The fraction of sp³-hybridized carbons (Fsp3) is 0.176. The summed E-state index contributed by atoms with van der Waals surface area (Å²) in [7, 11) is 0. The van der Waals surface area contributed by atoms with E-state index in [1.165, 1.54) is 6.07 Å². The van der Waals surface area contributed by atoms with Crippen molar-refractivity contribution in [3.8, 4) is 5.75 Å². The number of hydrogen-bond acceptors (Lipinski definition) is 4. The van der Waals surface area contributed by atoms with E-state index in [-0.39, 0.29) is 41.7 Å². The lowest BCUT2D eigenvalue weighted by molar-refractivity contribution is -0.170. The Balaban J connectivity index is 1.54. The van der Waals surface area contributed by atoms with Crippen molar-refractivity contribution in [2.75, 3.05) is 10.2 Å². The highest BCUT2D eigenvalue weighted by atomic mass is 19.4. The minimum absolute atomic E-state index is 0.0288. The molecular weight excluding hydrogens is 541 g/mol. The van der Waals surface area contributed by atoms with Crippen LogP contribution in [0.1, 0.15) is 41.5 Å². The summed E-state index contributed by atoms with van der Waals surface area (Å²) in [6.07, 6.45) is -4.71. The Bertz CT molecular complexity index is 1650. The van der Waals surface area contributed by atoms with Gasteiger partial charge in [-0.2, -0.15) is 13.2 Å². The van der Waals surface area contributed by atoms with E-state index in [1.807, 2.05) is 60.7 Å². The van der Waals surface area contributed by atoms with Crippen molar-refractivity contribution >= 4 is 23.1 Å². The largest absolute Gasteiger partial charge is 0.489 e. The number of halogens is 3. The van der Waals surface area contributed by atoms with E-state index in [0.29, 0.717) is 28.3 Å². The number of carbonyl (C=O) groups excluding carboxylic acids is 2. The molecule has 1 aliphatic heterocycles. The van der Waals surface area contributed by atoms with Crippen LogP contribution in [-0.2, 0) is 16.2 Å². The van der Waals surface area contributed by atoms with Crippen molar-refractivity contribution in [2.45, 2.75) is 37.6 Å². The first-order valence-electron chi connectivity index (χ1n) is 13.6. The highest BCUT2D eigenvalue weighted by Crippen LogP contribution is 2.50. The Morgan fingerprint density at radius 1 is 0.833 bits per heavy atom. The summed E-state index contributed by atoms with van der Waals surface area (Å²) < 4.78 is 49.0. The van der Waals surface area contributed by atoms with Gasteiger partial charge in [0.25, 0.3) is 0 Å². The van der Waals surface area contributed by atoms with Gasteiger partial charge in [0.05, 0.1) is 17.4 Å². The molecule has 212 valence electrons. The van der Waals surface area contributed by atoms with Gasteiger partial charge in [-0.3, -0.25) is 14.5 Å². The molecule has 2 aliphatic rings. The SMILES string of the molecule is O=C1CC(c2ccccc2)CC2=C1C(c1ccccc1OCc1ccccc1)N(C(=O)C(F)(F)F)c1ccccc1N2. The third-order valence-electron chi connectivity index (χ3n) is 7.67. The Labute approximate surface area is 241 Å². The maximum atomic E-state index is 14.3. The number of amides is 1. The lowest BCUT2D eigenvalue weighted by Crippen LogP contribution is -2.45. The van der Waals surface area contributed by atoms with Gasteiger partial charge in [0, 0.05) is 23.3 Å². The van der Waals surface area contributed by atoms with Crippen molar-refractivity contribution in [2.24, 2.45) is 0 Å². The van der Waals surface area contributed by atoms with Crippen molar-refractivity contribution in [1.29, 1.82) is 0 Å². The van der Waals surface area contributed by atoms with Crippen LogP contribution in [0.3, 0.4) is 0 Å². The van der Waals surface area contributed by atoms with Crippen LogP contribution in [0.5, 0.6) is 5.75 Å². The summed E-state index contributed by atoms with van der Waals surface area (Å²) in [6, 6.07) is 30.5. The van der Waals surface area contributed by atoms with Crippen molar-refractivity contribution < 1.29 is 27.5 Å². The zero-order chi connectivity index (χ0) is 29.3. The highest BCUT2D eigenvalue weighted by molar-refractivity contribution is 6.08. The Hall–Kier alpha value is -4.85. The van der Waals surface area contributed by atoms with Crippen LogP contribution in [0, 0.1) is 0 Å². The van der Waals surface area contributed by atoms with Gasteiger partial charge >= 0.3 is 12.1 Å². The minimum Gasteiger partial charge on any atom is -0.489 e. The predicted molar refractivity (Wildman–Crippen MR) is 154 cm³/mol. The van der Waals surface area contributed by atoms with Crippen LogP contribution in [0.2, 0.25) is 0 Å². The molecule has 4 aromatic carbocycles. The maximum absolute atomic E-state index is 14.3. The summed E-state index contributed by atoms with van der Waals surface area (Å²) in [5.41, 5.74) is 3.09. The van der Waals surface area contributed by atoms with Crippen molar-refractivity contribution in [1.82, 2.24) is 0 Å². The molecule has 4 aromatic rings. The van der Waals surface area contributed by atoms with E-state index in [0.717, 1.165) is 11.1 Å². The van der Waals surface area contributed by atoms with Crippen molar-refractivity contribution in [3.05, 3.63) is 137 Å². The number of anilines is 2. The molecule has 1 aliphatic carbocycles. The van der Waals surface area contributed by atoms with E-state index in [9.17, 15) is 22.8 Å². The molecule has 2 atom stereocenters. The molecule has 0 saturated carbocycles.